The van der Waals surface area contributed by atoms with E-state index in [1.807, 2.05) is 85.1 Å². The zero-order valence-corrected chi connectivity index (χ0v) is 20.1. The highest BCUT2D eigenvalue weighted by Crippen LogP contribution is 2.34. The second kappa shape index (κ2) is 9.41. The number of anilines is 2. The van der Waals surface area contributed by atoms with Gasteiger partial charge in [0.25, 0.3) is 0 Å². The number of thiazole rings is 1. The minimum atomic E-state index is -0.399. The Bertz CT molecular complexity index is 1370. The molecule has 1 atom stereocenters. The highest BCUT2D eigenvalue weighted by Gasteiger charge is 2.35. The van der Waals surface area contributed by atoms with Crippen LogP contribution in [-0.2, 0) is 9.59 Å². The number of carbonyl (C=O) groups is 2. The van der Waals surface area contributed by atoms with E-state index in [1.165, 1.54) is 11.3 Å². The number of hydrogen-bond acceptors (Lipinski definition) is 4. The Kier molecular flexibility index (Phi) is 6.18. The molecule has 5 rings (SSSR count). The lowest BCUT2D eigenvalue weighted by Crippen LogP contribution is -2.28. The lowest BCUT2D eigenvalue weighted by Gasteiger charge is -2.17. The number of rotatable bonds is 5. The molecule has 5 nitrogen and oxygen atoms in total. The van der Waals surface area contributed by atoms with Crippen LogP contribution >= 0.6 is 22.9 Å². The van der Waals surface area contributed by atoms with E-state index < -0.39 is 5.92 Å². The summed E-state index contributed by atoms with van der Waals surface area (Å²) < 4.78 is 0. The number of halogens is 1. The zero-order chi connectivity index (χ0) is 23.7. The summed E-state index contributed by atoms with van der Waals surface area (Å²) >= 11 is 7.84. The van der Waals surface area contributed by atoms with Crippen LogP contribution in [0.1, 0.15) is 12.0 Å². The monoisotopic (exact) mass is 487 g/mol. The Morgan fingerprint density at radius 3 is 2.68 bits per heavy atom. The molecule has 3 aromatic carbocycles. The van der Waals surface area contributed by atoms with Gasteiger partial charge in [0, 0.05) is 40.8 Å². The molecule has 1 aliphatic heterocycles. The molecule has 34 heavy (non-hydrogen) atoms. The topological polar surface area (TPSA) is 62.3 Å². The van der Waals surface area contributed by atoms with Crippen molar-refractivity contribution in [3.63, 3.8) is 0 Å². The van der Waals surface area contributed by atoms with Gasteiger partial charge in [-0.3, -0.25) is 9.59 Å². The molecular formula is C27H22ClN3O2S. The van der Waals surface area contributed by atoms with Gasteiger partial charge in [-0.25, -0.2) is 4.98 Å². The lowest BCUT2D eigenvalue weighted by atomic mass is 10.1. The van der Waals surface area contributed by atoms with Gasteiger partial charge in [0.1, 0.15) is 5.01 Å². The molecule has 1 N–H and O–H groups in total. The van der Waals surface area contributed by atoms with Crippen molar-refractivity contribution in [3.05, 3.63) is 88.8 Å². The van der Waals surface area contributed by atoms with E-state index in [-0.39, 0.29) is 18.2 Å². The molecule has 4 aromatic rings. The maximum absolute atomic E-state index is 12.9. The molecule has 2 heterocycles. The number of nitrogens with zero attached hydrogens (tertiary/aromatic N) is 2. The molecule has 1 aliphatic rings. The third kappa shape index (κ3) is 4.60. The second-order valence-corrected chi connectivity index (χ2v) is 9.59. The minimum absolute atomic E-state index is 0.0349. The molecule has 0 bridgehead atoms. The summed E-state index contributed by atoms with van der Waals surface area (Å²) in [4.78, 5) is 31.9. The number of benzene rings is 3. The average molecular weight is 488 g/mol. The third-order valence-electron chi connectivity index (χ3n) is 5.88. The van der Waals surface area contributed by atoms with Crippen molar-refractivity contribution in [2.24, 2.45) is 5.92 Å². The fourth-order valence-corrected chi connectivity index (χ4v) is 5.17. The number of hydrogen-bond donors (Lipinski definition) is 1. The number of carbonyl (C=O) groups excluding carboxylic acids is 2. The lowest BCUT2D eigenvalue weighted by molar-refractivity contribution is -0.122. The quantitative estimate of drug-likeness (QED) is 0.353. The van der Waals surface area contributed by atoms with Crippen molar-refractivity contribution in [1.29, 1.82) is 0 Å². The van der Waals surface area contributed by atoms with Crippen LogP contribution in [-0.4, -0.2) is 23.3 Å². The molecule has 0 aliphatic carbocycles. The molecule has 1 saturated heterocycles. The Hall–Kier alpha value is -3.48. The average Bonchev–Trinajstić information content (AvgIpc) is 3.48. The minimum Gasteiger partial charge on any atom is -0.326 e. The molecule has 0 spiro atoms. The van der Waals surface area contributed by atoms with E-state index in [9.17, 15) is 9.59 Å². The zero-order valence-electron chi connectivity index (χ0n) is 18.5. The first-order valence-corrected chi connectivity index (χ1v) is 12.2. The standard InChI is InChI=1S/C27H22ClN3O2S/c1-17-9-11-21(12-10-17)31-15-19(14-25(31)32)26(33)29-20-6-4-5-18(13-20)24-16-34-27(30-24)22-7-2-3-8-23(22)28/h2-13,16,19H,14-15H2,1H3,(H,29,33). The molecular weight excluding hydrogens is 466 g/mol. The van der Waals surface area contributed by atoms with E-state index in [1.54, 1.807) is 4.90 Å². The van der Waals surface area contributed by atoms with E-state index in [0.717, 1.165) is 33.1 Å². The van der Waals surface area contributed by atoms with Gasteiger partial charge < -0.3 is 10.2 Å². The Morgan fingerprint density at radius 2 is 1.88 bits per heavy atom. The predicted molar refractivity (Wildman–Crippen MR) is 138 cm³/mol. The van der Waals surface area contributed by atoms with Crippen LogP contribution in [0.15, 0.2) is 78.2 Å². The van der Waals surface area contributed by atoms with Gasteiger partial charge in [0.05, 0.1) is 16.6 Å². The second-order valence-electron chi connectivity index (χ2n) is 8.33. The smallest absolute Gasteiger partial charge is 0.229 e. The van der Waals surface area contributed by atoms with Gasteiger partial charge in [0.15, 0.2) is 0 Å². The summed E-state index contributed by atoms with van der Waals surface area (Å²) in [5.41, 5.74) is 5.24. The molecule has 7 heteroatoms. The first kappa shape index (κ1) is 22.3. The highest BCUT2D eigenvalue weighted by molar-refractivity contribution is 7.13. The van der Waals surface area contributed by atoms with E-state index in [0.29, 0.717) is 17.3 Å². The van der Waals surface area contributed by atoms with E-state index in [4.69, 9.17) is 16.6 Å². The van der Waals surface area contributed by atoms with Crippen LogP contribution in [0, 0.1) is 12.8 Å². The first-order chi connectivity index (χ1) is 16.5. The largest absolute Gasteiger partial charge is 0.326 e. The molecule has 1 fully saturated rings. The van der Waals surface area contributed by atoms with Crippen LogP contribution < -0.4 is 10.2 Å². The van der Waals surface area contributed by atoms with Crippen molar-refractivity contribution in [2.75, 3.05) is 16.8 Å². The molecule has 0 radical (unpaired) electrons. The van der Waals surface area contributed by atoms with Crippen LogP contribution in [0.25, 0.3) is 21.8 Å². The number of amides is 2. The fourth-order valence-electron chi connectivity index (χ4n) is 4.02. The molecule has 0 saturated carbocycles. The predicted octanol–water partition coefficient (Wildman–Crippen LogP) is 6.43. The molecule has 2 amide bonds. The molecule has 170 valence electrons. The highest BCUT2D eigenvalue weighted by atomic mass is 35.5. The Balaban J connectivity index is 1.29. The van der Waals surface area contributed by atoms with Gasteiger partial charge in [0.2, 0.25) is 11.8 Å². The summed E-state index contributed by atoms with van der Waals surface area (Å²) in [5.74, 6) is -0.592. The molecule has 1 aromatic heterocycles. The van der Waals surface area contributed by atoms with Crippen molar-refractivity contribution in [1.82, 2.24) is 4.98 Å². The number of aromatic nitrogens is 1. The first-order valence-electron chi connectivity index (χ1n) is 11.0. The summed E-state index contributed by atoms with van der Waals surface area (Å²) in [7, 11) is 0. The van der Waals surface area contributed by atoms with Crippen LogP contribution in [0.2, 0.25) is 5.02 Å². The number of nitrogens with one attached hydrogen (secondary N) is 1. The fraction of sp³-hybridized carbons (Fsp3) is 0.148. The van der Waals surface area contributed by atoms with Crippen LogP contribution in [0.5, 0.6) is 0 Å². The van der Waals surface area contributed by atoms with Crippen molar-refractivity contribution in [2.45, 2.75) is 13.3 Å². The Labute approximate surface area is 207 Å². The maximum atomic E-state index is 12.9. The van der Waals surface area contributed by atoms with Gasteiger partial charge in [-0.2, -0.15) is 0 Å². The van der Waals surface area contributed by atoms with Crippen LogP contribution in [0.3, 0.4) is 0 Å². The Morgan fingerprint density at radius 1 is 1.09 bits per heavy atom. The van der Waals surface area contributed by atoms with Crippen molar-refractivity contribution in [3.8, 4) is 21.8 Å². The van der Waals surface area contributed by atoms with Gasteiger partial charge >= 0.3 is 0 Å². The van der Waals surface area contributed by atoms with Crippen LogP contribution in [0.4, 0.5) is 11.4 Å². The summed E-state index contributed by atoms with van der Waals surface area (Å²) in [5, 5.41) is 6.47. The summed E-state index contributed by atoms with van der Waals surface area (Å²) in [6.07, 6.45) is 0.201. The SMILES string of the molecule is Cc1ccc(N2CC(C(=O)Nc3cccc(-c4csc(-c5ccccc5Cl)n4)c3)CC2=O)cc1. The van der Waals surface area contributed by atoms with Gasteiger partial charge in [-0.15, -0.1) is 11.3 Å². The summed E-state index contributed by atoms with van der Waals surface area (Å²) in [6, 6.07) is 23.0. The van der Waals surface area contributed by atoms with E-state index >= 15 is 0 Å². The maximum Gasteiger partial charge on any atom is 0.229 e. The summed E-state index contributed by atoms with van der Waals surface area (Å²) in [6.45, 7) is 2.38. The van der Waals surface area contributed by atoms with Gasteiger partial charge in [-0.05, 0) is 37.3 Å². The van der Waals surface area contributed by atoms with Crippen molar-refractivity contribution < 1.29 is 9.59 Å². The van der Waals surface area contributed by atoms with Crippen molar-refractivity contribution >= 4 is 46.1 Å². The normalized spacial score (nSPS) is 15.5. The third-order valence-corrected chi connectivity index (χ3v) is 7.08. The van der Waals surface area contributed by atoms with Gasteiger partial charge in [-0.1, -0.05) is 59.6 Å². The van der Waals surface area contributed by atoms with E-state index in [2.05, 4.69) is 5.32 Å². The number of aryl methyl sites for hydroxylation is 1. The molecule has 1 unspecified atom stereocenters.